The largest absolute Gasteiger partial charge is 0.342 e. The van der Waals surface area contributed by atoms with Crippen molar-refractivity contribution in [2.75, 3.05) is 18.0 Å². The van der Waals surface area contributed by atoms with Gasteiger partial charge in [0.1, 0.15) is 0 Å². The number of hydrogen-bond donors (Lipinski definition) is 1. The third-order valence-corrected chi connectivity index (χ3v) is 8.25. The summed E-state index contributed by atoms with van der Waals surface area (Å²) < 4.78 is 2.08. The number of imidazole rings is 1. The van der Waals surface area contributed by atoms with Crippen molar-refractivity contribution in [2.45, 2.75) is 47.9 Å². The Bertz CT molecular complexity index is 1040. The molecular formula is C21H23Cl2N5S. The van der Waals surface area contributed by atoms with E-state index in [1.54, 1.807) is 6.07 Å². The van der Waals surface area contributed by atoms with Crippen molar-refractivity contribution in [3.63, 3.8) is 0 Å². The maximum Gasteiger partial charge on any atom is 0.211 e. The van der Waals surface area contributed by atoms with Gasteiger partial charge in [0.05, 0.1) is 9.92 Å². The first kappa shape index (κ1) is 19.5. The van der Waals surface area contributed by atoms with Gasteiger partial charge in [-0.1, -0.05) is 41.4 Å². The van der Waals surface area contributed by atoms with Crippen molar-refractivity contribution >= 4 is 46.6 Å². The minimum absolute atomic E-state index is 0.337. The van der Waals surface area contributed by atoms with E-state index in [-0.39, 0.29) is 0 Å². The van der Waals surface area contributed by atoms with Crippen LogP contribution in [0.3, 0.4) is 0 Å². The maximum absolute atomic E-state index is 6.45. The lowest BCUT2D eigenvalue weighted by atomic mass is 9.74. The first-order valence-electron chi connectivity index (χ1n) is 10.0. The van der Waals surface area contributed by atoms with Crippen LogP contribution in [0.4, 0.5) is 5.95 Å². The quantitative estimate of drug-likeness (QED) is 0.591. The van der Waals surface area contributed by atoms with Gasteiger partial charge in [-0.05, 0) is 49.3 Å². The normalized spacial score (nSPS) is 21.3. The molecule has 2 aromatic heterocycles. The number of hydrogen-bond acceptors (Lipinski definition) is 5. The highest BCUT2D eigenvalue weighted by Crippen LogP contribution is 2.46. The summed E-state index contributed by atoms with van der Waals surface area (Å²) in [7, 11) is 0. The number of fused-ring (bicyclic) bond motifs is 1. The van der Waals surface area contributed by atoms with Gasteiger partial charge in [0.25, 0.3) is 0 Å². The summed E-state index contributed by atoms with van der Waals surface area (Å²) in [6.07, 6.45) is 11.7. The predicted octanol–water partition coefficient (Wildman–Crippen LogP) is 5.29. The molecule has 1 aliphatic heterocycles. The summed E-state index contributed by atoms with van der Waals surface area (Å²) in [4.78, 5) is 13.6. The Morgan fingerprint density at radius 3 is 2.69 bits per heavy atom. The molecule has 8 heteroatoms. The van der Waals surface area contributed by atoms with Crippen LogP contribution in [0.25, 0.3) is 5.65 Å². The summed E-state index contributed by atoms with van der Waals surface area (Å²) in [5.41, 5.74) is 7.67. The van der Waals surface area contributed by atoms with E-state index in [0.29, 0.717) is 21.5 Å². The number of nitrogens with zero attached hydrogens (tertiary/aromatic N) is 4. The molecule has 152 valence electrons. The maximum atomic E-state index is 6.45. The fourth-order valence-electron chi connectivity index (χ4n) is 4.80. The molecule has 1 aromatic carbocycles. The molecule has 3 heterocycles. The standard InChI is InChI=1S/C21H23Cl2N5S/c22-14-3-4-15(23)16(12-14)29-17-13-26-20(28-11-8-25-19(17)28)27-9-6-21(7-10-27)5-1-2-18(21)24/h3-4,8,11-13,18H,1-2,5-7,9-10,24H2/t18-/m1/s1. The predicted molar refractivity (Wildman–Crippen MR) is 119 cm³/mol. The molecule has 2 aliphatic rings. The van der Waals surface area contributed by atoms with Gasteiger partial charge < -0.3 is 10.6 Å². The summed E-state index contributed by atoms with van der Waals surface area (Å²) in [5, 5.41) is 1.33. The molecule has 0 unspecified atom stereocenters. The molecule has 5 nitrogen and oxygen atoms in total. The van der Waals surface area contributed by atoms with Crippen molar-refractivity contribution < 1.29 is 0 Å². The Morgan fingerprint density at radius 1 is 1.10 bits per heavy atom. The minimum atomic E-state index is 0.337. The van der Waals surface area contributed by atoms with E-state index in [2.05, 4.69) is 14.3 Å². The molecule has 1 spiro atoms. The number of halogens is 2. The van der Waals surface area contributed by atoms with E-state index >= 15 is 0 Å². The van der Waals surface area contributed by atoms with Crippen molar-refractivity contribution in [3.8, 4) is 0 Å². The molecule has 1 saturated heterocycles. The Morgan fingerprint density at radius 2 is 1.93 bits per heavy atom. The SMILES string of the molecule is N[C@@H]1CCCC12CCN(c1ncc(Sc3cc(Cl)ccc3Cl)c3nccn13)CC2. The lowest BCUT2D eigenvalue weighted by Gasteiger charge is -2.42. The molecule has 1 saturated carbocycles. The Labute approximate surface area is 184 Å². The smallest absolute Gasteiger partial charge is 0.211 e. The number of piperidine rings is 1. The first-order valence-corrected chi connectivity index (χ1v) is 11.6. The first-order chi connectivity index (χ1) is 14.1. The van der Waals surface area contributed by atoms with Crippen molar-refractivity contribution in [2.24, 2.45) is 11.1 Å². The second kappa shape index (κ2) is 7.65. The lowest BCUT2D eigenvalue weighted by molar-refractivity contribution is 0.197. The monoisotopic (exact) mass is 447 g/mol. The highest BCUT2D eigenvalue weighted by Gasteiger charge is 2.43. The van der Waals surface area contributed by atoms with Gasteiger partial charge in [-0.3, -0.25) is 4.40 Å². The van der Waals surface area contributed by atoms with Gasteiger partial charge in [0.15, 0.2) is 5.65 Å². The Hall–Kier alpha value is -1.47. The molecule has 1 atom stereocenters. The number of anilines is 1. The van der Waals surface area contributed by atoms with E-state index in [4.69, 9.17) is 33.9 Å². The average molecular weight is 448 g/mol. The second-order valence-corrected chi connectivity index (χ2v) is 10.00. The van der Waals surface area contributed by atoms with Gasteiger partial charge in [-0.15, -0.1) is 0 Å². The molecule has 5 rings (SSSR count). The van der Waals surface area contributed by atoms with E-state index in [1.165, 1.54) is 31.0 Å². The zero-order valence-electron chi connectivity index (χ0n) is 16.0. The molecule has 0 bridgehead atoms. The molecule has 0 radical (unpaired) electrons. The van der Waals surface area contributed by atoms with E-state index in [0.717, 1.165) is 47.3 Å². The third kappa shape index (κ3) is 3.50. The summed E-state index contributed by atoms with van der Waals surface area (Å²) >= 11 is 14.0. The fraction of sp³-hybridized carbons (Fsp3) is 0.429. The van der Waals surface area contributed by atoms with Gasteiger partial charge in [-0.25, -0.2) is 9.97 Å². The number of nitrogens with two attached hydrogens (primary N) is 1. The zero-order chi connectivity index (χ0) is 20.0. The average Bonchev–Trinajstić information content (AvgIpc) is 3.34. The fourth-order valence-corrected chi connectivity index (χ4v) is 6.21. The van der Waals surface area contributed by atoms with Crippen LogP contribution in [0.5, 0.6) is 0 Å². The summed E-state index contributed by atoms with van der Waals surface area (Å²) in [6, 6.07) is 5.83. The summed E-state index contributed by atoms with van der Waals surface area (Å²) in [6.45, 7) is 1.97. The van der Waals surface area contributed by atoms with Crippen LogP contribution in [0, 0.1) is 5.41 Å². The molecule has 2 fully saturated rings. The van der Waals surface area contributed by atoms with E-state index in [9.17, 15) is 0 Å². The van der Waals surface area contributed by atoms with Gasteiger partial charge >= 0.3 is 0 Å². The third-order valence-electron chi connectivity index (χ3n) is 6.51. The number of benzene rings is 1. The zero-order valence-corrected chi connectivity index (χ0v) is 18.3. The van der Waals surface area contributed by atoms with Gasteiger partial charge in [0.2, 0.25) is 5.95 Å². The lowest BCUT2D eigenvalue weighted by Crippen LogP contribution is -2.47. The van der Waals surface area contributed by atoms with Crippen LogP contribution in [-0.4, -0.2) is 33.5 Å². The van der Waals surface area contributed by atoms with Crippen molar-refractivity contribution in [1.82, 2.24) is 14.4 Å². The Balaban J connectivity index is 1.42. The second-order valence-electron chi connectivity index (χ2n) is 8.07. The van der Waals surface area contributed by atoms with E-state index < -0.39 is 0 Å². The van der Waals surface area contributed by atoms with Crippen LogP contribution in [0.1, 0.15) is 32.1 Å². The van der Waals surface area contributed by atoms with Crippen LogP contribution in [0.2, 0.25) is 10.0 Å². The van der Waals surface area contributed by atoms with Crippen molar-refractivity contribution in [3.05, 3.63) is 46.8 Å². The highest BCUT2D eigenvalue weighted by molar-refractivity contribution is 7.99. The molecule has 29 heavy (non-hydrogen) atoms. The van der Waals surface area contributed by atoms with Crippen LogP contribution in [0.15, 0.2) is 46.6 Å². The van der Waals surface area contributed by atoms with Gasteiger partial charge in [0, 0.05) is 47.6 Å². The van der Waals surface area contributed by atoms with Crippen LogP contribution < -0.4 is 10.6 Å². The number of rotatable bonds is 3. The van der Waals surface area contributed by atoms with Crippen molar-refractivity contribution in [1.29, 1.82) is 0 Å². The molecule has 3 aromatic rings. The molecule has 1 aliphatic carbocycles. The minimum Gasteiger partial charge on any atom is -0.342 e. The van der Waals surface area contributed by atoms with Crippen LogP contribution >= 0.6 is 35.0 Å². The topological polar surface area (TPSA) is 59.5 Å². The molecule has 2 N–H and O–H groups in total. The molecule has 0 amide bonds. The van der Waals surface area contributed by atoms with Gasteiger partial charge in [-0.2, -0.15) is 0 Å². The number of aromatic nitrogens is 3. The highest BCUT2D eigenvalue weighted by atomic mass is 35.5. The Kier molecular flexibility index (Phi) is 5.14. The summed E-state index contributed by atoms with van der Waals surface area (Å²) in [5.74, 6) is 0.945. The van der Waals surface area contributed by atoms with E-state index in [1.807, 2.05) is 30.7 Å². The van der Waals surface area contributed by atoms with Crippen LogP contribution in [-0.2, 0) is 0 Å². The molecular weight excluding hydrogens is 425 g/mol.